The summed E-state index contributed by atoms with van der Waals surface area (Å²) in [6.07, 6.45) is -1.07. The predicted octanol–water partition coefficient (Wildman–Crippen LogP) is 1.66. The number of halogens is 3. The lowest BCUT2D eigenvalue weighted by Crippen LogP contribution is -2.49. The van der Waals surface area contributed by atoms with Gasteiger partial charge in [-0.1, -0.05) is 0 Å². The first kappa shape index (κ1) is 20.3. The lowest BCUT2D eigenvalue weighted by molar-refractivity contribution is -0.138. The van der Waals surface area contributed by atoms with E-state index in [1.807, 2.05) is 0 Å². The van der Waals surface area contributed by atoms with E-state index in [1.165, 1.54) is 0 Å². The summed E-state index contributed by atoms with van der Waals surface area (Å²) in [5.41, 5.74) is 1.34. The standard InChI is InChI=1S/C19H21F3N6O2/c1-11-14-3-2-12(16(14)25-26-17(11)30)8-15(29)27-4-6-28(7-5-27)18-23-9-13(10-24-18)19(20,21)22/h9-10,12H,2-8H2,1H3,(H,26,30)/t12-/m1/s1. The maximum atomic E-state index is 12.8. The highest BCUT2D eigenvalue weighted by atomic mass is 19.4. The summed E-state index contributed by atoms with van der Waals surface area (Å²) in [5.74, 6) is 0.217. The van der Waals surface area contributed by atoms with Gasteiger partial charge in [-0.2, -0.15) is 18.3 Å². The molecular formula is C19H21F3N6O2. The van der Waals surface area contributed by atoms with Crippen LogP contribution in [0, 0.1) is 6.92 Å². The van der Waals surface area contributed by atoms with E-state index in [0.717, 1.165) is 36.5 Å². The van der Waals surface area contributed by atoms with Crippen molar-refractivity contribution in [2.75, 3.05) is 31.1 Å². The van der Waals surface area contributed by atoms with E-state index >= 15 is 0 Å². The van der Waals surface area contributed by atoms with Crippen LogP contribution in [0.1, 0.15) is 41.1 Å². The van der Waals surface area contributed by atoms with Gasteiger partial charge in [-0.15, -0.1) is 0 Å². The average molecular weight is 422 g/mol. The van der Waals surface area contributed by atoms with E-state index in [4.69, 9.17) is 0 Å². The Morgan fingerprint density at radius 1 is 1.20 bits per heavy atom. The van der Waals surface area contributed by atoms with Crippen molar-refractivity contribution < 1.29 is 18.0 Å². The van der Waals surface area contributed by atoms with Crippen molar-refractivity contribution in [3.05, 3.63) is 45.1 Å². The fourth-order valence-corrected chi connectivity index (χ4v) is 4.03. The number of nitrogens with one attached hydrogen (secondary N) is 1. The molecule has 0 spiro atoms. The van der Waals surface area contributed by atoms with Gasteiger partial charge in [-0.25, -0.2) is 15.1 Å². The normalized spacial score (nSPS) is 19.1. The lowest BCUT2D eigenvalue weighted by atomic mass is 10.0. The minimum Gasteiger partial charge on any atom is -0.339 e. The third-order valence-electron chi connectivity index (χ3n) is 5.81. The van der Waals surface area contributed by atoms with Crippen molar-refractivity contribution >= 4 is 11.9 Å². The van der Waals surface area contributed by atoms with Crippen LogP contribution < -0.4 is 10.5 Å². The van der Waals surface area contributed by atoms with E-state index in [1.54, 1.807) is 16.7 Å². The Hall–Kier alpha value is -2.98. The topological polar surface area (TPSA) is 95.1 Å². The van der Waals surface area contributed by atoms with Crippen molar-refractivity contribution in [1.29, 1.82) is 0 Å². The van der Waals surface area contributed by atoms with Crippen LogP contribution in [0.5, 0.6) is 0 Å². The summed E-state index contributed by atoms with van der Waals surface area (Å²) in [4.78, 5) is 35.6. The van der Waals surface area contributed by atoms with Crippen molar-refractivity contribution in [2.24, 2.45) is 0 Å². The van der Waals surface area contributed by atoms with Crippen LogP contribution in [0.2, 0.25) is 0 Å². The van der Waals surface area contributed by atoms with E-state index in [-0.39, 0.29) is 23.3 Å². The highest BCUT2D eigenvalue weighted by molar-refractivity contribution is 5.77. The van der Waals surface area contributed by atoms with Crippen LogP contribution >= 0.6 is 0 Å². The van der Waals surface area contributed by atoms with Gasteiger partial charge in [-0.3, -0.25) is 9.59 Å². The Bertz CT molecular complexity index is 997. The first-order chi connectivity index (χ1) is 14.2. The second kappa shape index (κ2) is 7.69. The summed E-state index contributed by atoms with van der Waals surface area (Å²) >= 11 is 0. The molecule has 1 N–H and O–H groups in total. The minimum absolute atomic E-state index is 0.00601. The Balaban J connectivity index is 1.35. The number of aromatic nitrogens is 4. The number of fused-ring (bicyclic) bond motifs is 1. The number of carbonyl (C=O) groups is 1. The maximum Gasteiger partial charge on any atom is 0.419 e. The molecule has 1 atom stereocenters. The summed E-state index contributed by atoms with van der Waals surface area (Å²) in [6.45, 7) is 3.56. The number of carbonyl (C=O) groups excluding carboxylic acids is 1. The summed E-state index contributed by atoms with van der Waals surface area (Å²) in [7, 11) is 0. The van der Waals surface area contributed by atoms with Crippen LogP contribution in [-0.4, -0.2) is 57.2 Å². The fraction of sp³-hybridized carbons (Fsp3) is 0.526. The molecule has 1 amide bonds. The van der Waals surface area contributed by atoms with Crippen molar-refractivity contribution in [1.82, 2.24) is 25.1 Å². The number of piperazine rings is 1. The average Bonchev–Trinajstić information content (AvgIpc) is 3.13. The molecule has 0 saturated carbocycles. The number of amides is 1. The monoisotopic (exact) mass is 422 g/mol. The van der Waals surface area contributed by atoms with Crippen molar-refractivity contribution in [2.45, 2.75) is 38.3 Å². The second-order valence-electron chi connectivity index (χ2n) is 7.62. The van der Waals surface area contributed by atoms with E-state index in [0.29, 0.717) is 38.2 Å². The van der Waals surface area contributed by atoms with Gasteiger partial charge in [0.1, 0.15) is 0 Å². The maximum absolute atomic E-state index is 12.8. The number of hydrogen-bond donors (Lipinski definition) is 1. The van der Waals surface area contributed by atoms with Gasteiger partial charge in [0.25, 0.3) is 5.56 Å². The molecule has 0 bridgehead atoms. The minimum atomic E-state index is -4.47. The van der Waals surface area contributed by atoms with E-state index in [2.05, 4.69) is 20.2 Å². The lowest BCUT2D eigenvalue weighted by Gasteiger charge is -2.35. The van der Waals surface area contributed by atoms with Gasteiger partial charge in [0.05, 0.1) is 11.3 Å². The predicted molar refractivity (Wildman–Crippen MR) is 101 cm³/mol. The van der Waals surface area contributed by atoms with Crippen molar-refractivity contribution in [3.63, 3.8) is 0 Å². The van der Waals surface area contributed by atoms with E-state index in [9.17, 15) is 22.8 Å². The Morgan fingerprint density at radius 3 is 2.50 bits per heavy atom. The quantitative estimate of drug-likeness (QED) is 0.809. The fourth-order valence-electron chi connectivity index (χ4n) is 4.03. The van der Waals surface area contributed by atoms with Crippen LogP contribution in [0.4, 0.5) is 19.1 Å². The SMILES string of the molecule is Cc1c2c(n[nH]c1=O)[C@@H](CC(=O)N1CCN(c3ncc(C(F)(F)F)cn3)CC1)CC2. The number of nitrogens with zero attached hydrogens (tertiary/aromatic N) is 5. The smallest absolute Gasteiger partial charge is 0.339 e. The third-order valence-corrected chi connectivity index (χ3v) is 5.81. The van der Waals surface area contributed by atoms with Crippen LogP contribution in [0.25, 0.3) is 0 Å². The van der Waals surface area contributed by atoms with Crippen LogP contribution in [0.15, 0.2) is 17.2 Å². The van der Waals surface area contributed by atoms with Gasteiger partial charge < -0.3 is 9.80 Å². The van der Waals surface area contributed by atoms with Gasteiger partial charge in [0.2, 0.25) is 11.9 Å². The highest BCUT2D eigenvalue weighted by Crippen LogP contribution is 2.34. The molecule has 3 heterocycles. The molecule has 1 aliphatic heterocycles. The number of aromatic amines is 1. The molecule has 8 nitrogen and oxygen atoms in total. The Morgan fingerprint density at radius 2 is 1.87 bits per heavy atom. The molecule has 160 valence electrons. The molecule has 11 heteroatoms. The molecule has 30 heavy (non-hydrogen) atoms. The highest BCUT2D eigenvalue weighted by Gasteiger charge is 2.33. The summed E-state index contributed by atoms with van der Waals surface area (Å²) < 4.78 is 37.9. The molecule has 0 aromatic carbocycles. The largest absolute Gasteiger partial charge is 0.419 e. The Kier molecular flexibility index (Phi) is 5.20. The number of rotatable bonds is 3. The number of H-pyrrole nitrogens is 1. The molecule has 1 aliphatic carbocycles. The first-order valence-corrected chi connectivity index (χ1v) is 9.74. The number of alkyl halides is 3. The van der Waals surface area contributed by atoms with Crippen LogP contribution in [-0.2, 0) is 17.4 Å². The second-order valence-corrected chi connectivity index (χ2v) is 7.62. The van der Waals surface area contributed by atoms with E-state index < -0.39 is 11.7 Å². The van der Waals surface area contributed by atoms with Gasteiger partial charge in [-0.05, 0) is 25.3 Å². The zero-order valence-electron chi connectivity index (χ0n) is 16.4. The summed E-state index contributed by atoms with van der Waals surface area (Å²) in [6, 6.07) is 0. The molecule has 1 saturated heterocycles. The summed E-state index contributed by atoms with van der Waals surface area (Å²) in [5, 5.41) is 6.66. The first-order valence-electron chi connectivity index (χ1n) is 9.74. The zero-order chi connectivity index (χ0) is 21.5. The molecular weight excluding hydrogens is 401 g/mol. The molecule has 0 radical (unpaired) electrons. The molecule has 0 unspecified atom stereocenters. The molecule has 4 rings (SSSR count). The molecule has 1 fully saturated rings. The zero-order valence-corrected chi connectivity index (χ0v) is 16.4. The van der Waals surface area contributed by atoms with Crippen molar-refractivity contribution in [3.8, 4) is 0 Å². The molecule has 2 aliphatic rings. The third kappa shape index (κ3) is 3.88. The van der Waals surface area contributed by atoms with Crippen LogP contribution in [0.3, 0.4) is 0 Å². The van der Waals surface area contributed by atoms with Gasteiger partial charge in [0.15, 0.2) is 0 Å². The molecule has 2 aromatic rings. The number of anilines is 1. The number of hydrogen-bond acceptors (Lipinski definition) is 6. The molecule has 2 aromatic heterocycles. The van der Waals surface area contributed by atoms with Gasteiger partial charge >= 0.3 is 6.18 Å². The Labute approximate surface area is 170 Å². The van der Waals surface area contributed by atoms with Gasteiger partial charge in [0, 0.05) is 56.5 Å².